The van der Waals surface area contributed by atoms with Crippen molar-refractivity contribution in [2.24, 2.45) is 12.5 Å². The SMILES string of the molecule is CN(C)CCN1CCC2(CCCN(Cc3cccn3C)C2)C1=O.O=C(O)C(F)(F)F.O=C(O)C(F)(F)F. The molecule has 3 heterocycles. The number of likely N-dealkylation sites (tertiary alicyclic amines) is 2. The lowest BCUT2D eigenvalue weighted by molar-refractivity contribution is -0.193. The summed E-state index contributed by atoms with van der Waals surface area (Å²) in [4.78, 5) is 37.5. The van der Waals surface area contributed by atoms with Gasteiger partial charge in [-0.3, -0.25) is 9.69 Å². The van der Waals surface area contributed by atoms with Gasteiger partial charge in [-0.2, -0.15) is 26.3 Å². The predicted molar refractivity (Wildman–Crippen MR) is 119 cm³/mol. The Morgan fingerprint density at radius 1 is 1.03 bits per heavy atom. The van der Waals surface area contributed by atoms with Crippen LogP contribution in [-0.2, 0) is 28.0 Å². The van der Waals surface area contributed by atoms with E-state index in [-0.39, 0.29) is 5.41 Å². The number of carbonyl (C=O) groups is 3. The van der Waals surface area contributed by atoms with Crippen molar-refractivity contribution in [3.63, 3.8) is 0 Å². The Labute approximate surface area is 210 Å². The molecule has 2 N–H and O–H groups in total. The number of alkyl halides is 6. The van der Waals surface area contributed by atoms with Crippen LogP contribution in [0.3, 0.4) is 0 Å². The summed E-state index contributed by atoms with van der Waals surface area (Å²) in [6, 6.07) is 4.28. The Morgan fingerprint density at radius 3 is 2.00 bits per heavy atom. The lowest BCUT2D eigenvalue weighted by Crippen LogP contribution is -2.48. The maximum atomic E-state index is 13.0. The number of aromatic nitrogens is 1. The Morgan fingerprint density at radius 2 is 1.57 bits per heavy atom. The maximum Gasteiger partial charge on any atom is 0.490 e. The van der Waals surface area contributed by atoms with E-state index >= 15 is 0 Å². The van der Waals surface area contributed by atoms with Gasteiger partial charge in [-0.25, -0.2) is 9.59 Å². The van der Waals surface area contributed by atoms with Crippen molar-refractivity contribution >= 4 is 17.8 Å². The smallest absolute Gasteiger partial charge is 0.475 e. The number of amides is 1. The van der Waals surface area contributed by atoms with Crippen LogP contribution in [0.15, 0.2) is 18.3 Å². The van der Waals surface area contributed by atoms with Crippen LogP contribution in [0.4, 0.5) is 26.3 Å². The molecule has 1 aromatic heterocycles. The van der Waals surface area contributed by atoms with Crippen molar-refractivity contribution in [3.8, 4) is 0 Å². The van der Waals surface area contributed by atoms with Crippen LogP contribution in [0.5, 0.6) is 0 Å². The second-order valence-corrected chi connectivity index (χ2v) is 9.16. The van der Waals surface area contributed by atoms with Gasteiger partial charge in [0, 0.05) is 51.7 Å². The van der Waals surface area contributed by atoms with Crippen LogP contribution >= 0.6 is 0 Å². The molecular weight excluding hydrogens is 514 g/mol. The molecule has 1 aromatic rings. The maximum absolute atomic E-state index is 13.0. The van der Waals surface area contributed by atoms with Crippen LogP contribution in [0.1, 0.15) is 25.0 Å². The molecule has 2 aliphatic rings. The normalized spacial score (nSPS) is 20.4. The summed E-state index contributed by atoms with van der Waals surface area (Å²) in [5.41, 5.74) is 1.22. The van der Waals surface area contributed by atoms with Gasteiger partial charge in [0.25, 0.3) is 0 Å². The van der Waals surface area contributed by atoms with Crippen LogP contribution in [0.25, 0.3) is 0 Å². The van der Waals surface area contributed by atoms with Gasteiger partial charge >= 0.3 is 24.3 Å². The number of rotatable bonds is 5. The van der Waals surface area contributed by atoms with Crippen molar-refractivity contribution in [2.45, 2.75) is 38.2 Å². The number of piperidine rings is 1. The highest BCUT2D eigenvalue weighted by atomic mass is 19.4. The largest absolute Gasteiger partial charge is 0.490 e. The molecular formula is C22H32F6N4O5. The molecule has 1 unspecified atom stereocenters. The first-order valence-corrected chi connectivity index (χ1v) is 11.3. The summed E-state index contributed by atoms with van der Waals surface area (Å²) >= 11 is 0. The van der Waals surface area contributed by atoms with E-state index in [9.17, 15) is 31.1 Å². The number of aliphatic carboxylic acids is 2. The molecule has 2 saturated heterocycles. The van der Waals surface area contributed by atoms with Gasteiger partial charge in [-0.05, 0) is 52.0 Å². The van der Waals surface area contributed by atoms with Crippen LogP contribution < -0.4 is 0 Å². The molecule has 0 radical (unpaired) electrons. The van der Waals surface area contributed by atoms with Crippen molar-refractivity contribution < 1.29 is 50.9 Å². The number of aryl methyl sites for hydroxylation is 1. The van der Waals surface area contributed by atoms with E-state index in [4.69, 9.17) is 19.8 Å². The van der Waals surface area contributed by atoms with Gasteiger partial charge < -0.3 is 24.6 Å². The minimum atomic E-state index is -5.08. The fraction of sp³-hybridized carbons (Fsp3) is 0.682. The highest BCUT2D eigenvalue weighted by molar-refractivity contribution is 5.85. The fourth-order valence-corrected chi connectivity index (χ4v) is 4.06. The molecule has 0 aromatic carbocycles. The topological polar surface area (TPSA) is 106 Å². The lowest BCUT2D eigenvalue weighted by atomic mass is 9.78. The highest BCUT2D eigenvalue weighted by Gasteiger charge is 2.48. The summed E-state index contributed by atoms with van der Waals surface area (Å²) in [5.74, 6) is -5.11. The molecule has 0 aliphatic carbocycles. The van der Waals surface area contributed by atoms with E-state index in [1.165, 1.54) is 5.69 Å². The lowest BCUT2D eigenvalue weighted by Gasteiger charge is -2.39. The number of carboxylic acids is 2. The summed E-state index contributed by atoms with van der Waals surface area (Å²) < 4.78 is 65.7. The van der Waals surface area contributed by atoms with E-state index in [1.54, 1.807) is 0 Å². The third kappa shape index (κ3) is 10.2. The molecule has 2 fully saturated rings. The van der Waals surface area contributed by atoms with E-state index in [0.717, 1.165) is 58.5 Å². The molecule has 37 heavy (non-hydrogen) atoms. The molecule has 212 valence electrons. The molecule has 0 bridgehead atoms. The van der Waals surface area contributed by atoms with Crippen molar-refractivity contribution in [2.75, 3.05) is 46.8 Å². The molecule has 0 saturated carbocycles. The van der Waals surface area contributed by atoms with Crippen LogP contribution in [0.2, 0.25) is 0 Å². The second-order valence-electron chi connectivity index (χ2n) is 9.16. The third-order valence-electron chi connectivity index (χ3n) is 6.00. The zero-order valence-corrected chi connectivity index (χ0v) is 20.8. The molecule has 1 spiro atoms. The Balaban J connectivity index is 0.000000404. The molecule has 1 amide bonds. The standard InChI is InChI=1S/C18H30N4O.2C2HF3O2/c1-19(2)12-13-22-11-8-18(17(22)23)7-5-10-21(15-18)14-16-6-4-9-20(16)3;2*3-2(4,5)1(6)7/h4,6,9H,5,7-8,10-15H2,1-3H3;2*(H,6,7). The van der Waals surface area contributed by atoms with Crippen LogP contribution in [-0.4, -0.2) is 106 Å². The van der Waals surface area contributed by atoms with E-state index in [0.29, 0.717) is 5.91 Å². The quantitative estimate of drug-likeness (QED) is 0.547. The van der Waals surface area contributed by atoms with Gasteiger partial charge in [-0.1, -0.05) is 0 Å². The number of hydrogen-bond donors (Lipinski definition) is 2. The van der Waals surface area contributed by atoms with E-state index in [2.05, 4.69) is 58.7 Å². The summed E-state index contributed by atoms with van der Waals surface area (Å²) in [7, 11) is 6.23. The highest BCUT2D eigenvalue weighted by Crippen LogP contribution is 2.40. The van der Waals surface area contributed by atoms with Crippen molar-refractivity contribution in [1.82, 2.24) is 19.3 Å². The molecule has 1 atom stereocenters. The molecule has 3 rings (SSSR count). The Hall–Kier alpha value is -2.81. The molecule has 15 heteroatoms. The first-order chi connectivity index (χ1) is 16.9. The third-order valence-corrected chi connectivity index (χ3v) is 6.00. The number of carbonyl (C=O) groups excluding carboxylic acids is 1. The Kier molecular flexibility index (Phi) is 11.4. The second kappa shape index (κ2) is 13.1. The Bertz CT molecular complexity index is 894. The minimum Gasteiger partial charge on any atom is -0.475 e. The van der Waals surface area contributed by atoms with Crippen molar-refractivity contribution in [3.05, 3.63) is 24.0 Å². The molecule has 2 aliphatic heterocycles. The van der Waals surface area contributed by atoms with Crippen molar-refractivity contribution in [1.29, 1.82) is 0 Å². The van der Waals surface area contributed by atoms with Gasteiger partial charge in [0.2, 0.25) is 5.91 Å². The number of hydrogen-bond acceptors (Lipinski definition) is 5. The summed E-state index contributed by atoms with van der Waals surface area (Å²) in [6.07, 6.45) is -4.84. The van der Waals surface area contributed by atoms with Gasteiger partial charge in [0.15, 0.2) is 0 Å². The van der Waals surface area contributed by atoms with Gasteiger partial charge in [0.1, 0.15) is 0 Å². The van der Waals surface area contributed by atoms with Gasteiger partial charge in [-0.15, -0.1) is 0 Å². The average molecular weight is 547 g/mol. The first kappa shape index (κ1) is 32.2. The number of nitrogens with zero attached hydrogens (tertiary/aromatic N) is 4. The number of halogens is 6. The first-order valence-electron chi connectivity index (χ1n) is 11.3. The summed E-state index contributed by atoms with van der Waals surface area (Å²) in [5, 5.41) is 14.2. The monoisotopic (exact) mass is 546 g/mol. The van der Waals surface area contributed by atoms with E-state index < -0.39 is 24.3 Å². The van der Waals surface area contributed by atoms with Gasteiger partial charge in [0.05, 0.1) is 5.41 Å². The molecule has 9 nitrogen and oxygen atoms in total. The number of carboxylic acid groups (broad SMARTS) is 2. The fourth-order valence-electron chi connectivity index (χ4n) is 4.06. The minimum absolute atomic E-state index is 0.115. The van der Waals surface area contributed by atoms with E-state index in [1.807, 2.05) is 0 Å². The zero-order chi connectivity index (χ0) is 28.6. The summed E-state index contributed by atoms with van der Waals surface area (Å²) in [6.45, 7) is 5.74. The average Bonchev–Trinajstić information content (AvgIpc) is 3.29. The predicted octanol–water partition coefficient (Wildman–Crippen LogP) is 2.67. The number of likely N-dealkylation sites (N-methyl/N-ethyl adjacent to an activating group) is 1. The van der Waals surface area contributed by atoms with Crippen LogP contribution in [0, 0.1) is 5.41 Å². The zero-order valence-electron chi connectivity index (χ0n) is 20.8.